The minimum atomic E-state index is -0.0916. The molecule has 0 unspecified atom stereocenters. The molecule has 0 aliphatic heterocycles. The summed E-state index contributed by atoms with van der Waals surface area (Å²) < 4.78 is 1.87. The Hall–Kier alpha value is -2.80. The van der Waals surface area contributed by atoms with Gasteiger partial charge in [-0.3, -0.25) is 14.8 Å². The monoisotopic (exact) mass is 407 g/mol. The summed E-state index contributed by atoms with van der Waals surface area (Å²) in [5, 5.41) is 8.49. The highest BCUT2D eigenvalue weighted by molar-refractivity contribution is 7.12. The Balaban J connectivity index is 1.44. The van der Waals surface area contributed by atoms with Gasteiger partial charge in [0.1, 0.15) is 5.01 Å². The van der Waals surface area contributed by atoms with Crippen molar-refractivity contribution in [1.29, 1.82) is 0 Å². The summed E-state index contributed by atoms with van der Waals surface area (Å²) in [5.74, 6) is -0.0916. The summed E-state index contributed by atoms with van der Waals surface area (Å²) in [6.07, 6.45) is 9.67. The fourth-order valence-electron chi connectivity index (χ4n) is 3.49. The smallest absolute Gasteiger partial charge is 0.251 e. The molecule has 2 aromatic heterocycles. The van der Waals surface area contributed by atoms with Crippen molar-refractivity contribution in [3.8, 4) is 10.6 Å². The van der Waals surface area contributed by atoms with Gasteiger partial charge in [-0.05, 0) is 42.7 Å². The van der Waals surface area contributed by atoms with Gasteiger partial charge < -0.3 is 5.32 Å². The number of benzene rings is 1. The van der Waals surface area contributed by atoms with Crippen LogP contribution in [0.25, 0.3) is 10.6 Å². The first-order chi connectivity index (χ1) is 14.2. The fourth-order valence-corrected chi connectivity index (χ4v) is 4.46. The van der Waals surface area contributed by atoms with Crippen LogP contribution in [0.3, 0.4) is 0 Å². The highest BCUT2D eigenvalue weighted by Gasteiger charge is 2.13. The van der Waals surface area contributed by atoms with Crippen LogP contribution in [0.1, 0.15) is 48.0 Å². The molecule has 1 aliphatic carbocycles. The van der Waals surface area contributed by atoms with Crippen LogP contribution in [0.2, 0.25) is 0 Å². The van der Waals surface area contributed by atoms with Crippen molar-refractivity contribution in [3.05, 3.63) is 64.7 Å². The lowest BCUT2D eigenvalue weighted by Gasteiger charge is -2.16. The van der Waals surface area contributed by atoms with E-state index in [9.17, 15) is 4.79 Å². The van der Waals surface area contributed by atoms with E-state index in [1.807, 2.05) is 48.1 Å². The van der Waals surface area contributed by atoms with E-state index in [1.54, 1.807) is 23.7 Å². The third-order valence-electron chi connectivity index (χ3n) is 5.17. The Morgan fingerprint density at radius 1 is 1.14 bits per heavy atom. The maximum atomic E-state index is 12.4. The molecule has 29 heavy (non-hydrogen) atoms. The molecule has 6 nitrogen and oxygen atoms in total. The van der Waals surface area contributed by atoms with E-state index in [0.717, 1.165) is 20.9 Å². The van der Waals surface area contributed by atoms with Gasteiger partial charge in [-0.25, -0.2) is 4.68 Å². The molecule has 2 heterocycles. The number of carbonyl (C=O) groups excluding carboxylic acids is 1. The van der Waals surface area contributed by atoms with Gasteiger partial charge in [0, 0.05) is 37.1 Å². The average molecular weight is 408 g/mol. The number of carbonyl (C=O) groups is 1. The van der Waals surface area contributed by atoms with E-state index in [-0.39, 0.29) is 5.91 Å². The Bertz CT molecular complexity index is 1020. The van der Waals surface area contributed by atoms with E-state index in [4.69, 9.17) is 4.99 Å². The Kier molecular flexibility index (Phi) is 6.14. The van der Waals surface area contributed by atoms with Crippen LogP contribution in [-0.2, 0) is 13.6 Å². The van der Waals surface area contributed by atoms with Crippen molar-refractivity contribution < 1.29 is 4.79 Å². The zero-order valence-corrected chi connectivity index (χ0v) is 17.4. The number of amides is 1. The van der Waals surface area contributed by atoms with Crippen LogP contribution in [0.15, 0.2) is 53.8 Å². The van der Waals surface area contributed by atoms with Crippen LogP contribution in [0.4, 0.5) is 0 Å². The largest absolute Gasteiger partial charge is 0.348 e. The lowest BCUT2D eigenvalue weighted by molar-refractivity contribution is 0.0951. The van der Waals surface area contributed by atoms with Gasteiger partial charge in [0.25, 0.3) is 5.91 Å². The zero-order valence-electron chi connectivity index (χ0n) is 16.5. The summed E-state index contributed by atoms with van der Waals surface area (Å²) in [6, 6.07) is 11.8. The summed E-state index contributed by atoms with van der Waals surface area (Å²) in [7, 11) is 1.95. The highest BCUT2D eigenvalue weighted by Crippen LogP contribution is 2.22. The SMILES string of the molecule is Cn1nc(-c2ccc(C(=O)NCc3ccncc3)cc2)sc1=NC1CCCCC1. The van der Waals surface area contributed by atoms with E-state index in [0.29, 0.717) is 18.2 Å². The second kappa shape index (κ2) is 9.13. The first kappa shape index (κ1) is 19.5. The summed E-state index contributed by atoms with van der Waals surface area (Å²) in [6.45, 7) is 0.484. The summed E-state index contributed by atoms with van der Waals surface area (Å²) >= 11 is 1.61. The molecule has 0 spiro atoms. The van der Waals surface area contributed by atoms with E-state index >= 15 is 0 Å². The third-order valence-corrected chi connectivity index (χ3v) is 6.23. The molecule has 150 valence electrons. The average Bonchev–Trinajstić information content (AvgIpc) is 3.14. The van der Waals surface area contributed by atoms with Gasteiger partial charge >= 0.3 is 0 Å². The number of aromatic nitrogens is 3. The van der Waals surface area contributed by atoms with Crippen LogP contribution in [0.5, 0.6) is 0 Å². The molecule has 1 aromatic carbocycles. The lowest BCUT2D eigenvalue weighted by atomic mass is 9.96. The molecule has 0 bridgehead atoms. The third kappa shape index (κ3) is 4.98. The second-order valence-electron chi connectivity index (χ2n) is 7.35. The minimum absolute atomic E-state index is 0.0916. The van der Waals surface area contributed by atoms with Crippen LogP contribution in [0, 0.1) is 0 Å². The fraction of sp³-hybridized carbons (Fsp3) is 0.364. The first-order valence-corrected chi connectivity index (χ1v) is 10.9. The van der Waals surface area contributed by atoms with Crippen molar-refractivity contribution in [1.82, 2.24) is 20.1 Å². The molecule has 4 rings (SSSR count). The molecule has 1 saturated carbocycles. The molecule has 0 saturated heterocycles. The minimum Gasteiger partial charge on any atom is -0.348 e. The number of hydrogen-bond acceptors (Lipinski definition) is 5. The van der Waals surface area contributed by atoms with Gasteiger partial charge in [-0.1, -0.05) is 42.7 Å². The molecule has 7 heteroatoms. The van der Waals surface area contributed by atoms with Crippen molar-refractivity contribution >= 4 is 17.2 Å². The van der Waals surface area contributed by atoms with Gasteiger partial charge in [0.15, 0.2) is 0 Å². The number of nitrogens with zero attached hydrogens (tertiary/aromatic N) is 4. The first-order valence-electron chi connectivity index (χ1n) is 10.0. The molecule has 1 amide bonds. The van der Waals surface area contributed by atoms with Gasteiger partial charge in [-0.15, -0.1) is 0 Å². The molecule has 0 radical (unpaired) electrons. The number of nitrogens with one attached hydrogen (secondary N) is 1. The van der Waals surface area contributed by atoms with E-state index in [1.165, 1.54) is 32.1 Å². The van der Waals surface area contributed by atoms with E-state index in [2.05, 4.69) is 15.4 Å². The zero-order chi connectivity index (χ0) is 20.1. The molecule has 1 N–H and O–H groups in total. The normalized spacial score (nSPS) is 15.4. The maximum Gasteiger partial charge on any atom is 0.251 e. The van der Waals surface area contributed by atoms with Crippen molar-refractivity contribution in [2.45, 2.75) is 44.7 Å². The highest BCUT2D eigenvalue weighted by atomic mass is 32.1. The standard InChI is InChI=1S/C22H25N5OS/c1-27-22(25-19-5-3-2-4-6-19)29-21(26-27)18-9-7-17(8-10-18)20(28)24-15-16-11-13-23-14-12-16/h7-14,19H,2-6,15H2,1H3,(H,24,28). The van der Waals surface area contributed by atoms with Crippen LogP contribution < -0.4 is 10.1 Å². The summed E-state index contributed by atoms with van der Waals surface area (Å²) in [4.78, 5) is 22.2. The van der Waals surface area contributed by atoms with Gasteiger partial charge in [0.2, 0.25) is 4.80 Å². The molecular weight excluding hydrogens is 382 g/mol. The number of aryl methyl sites for hydroxylation is 1. The van der Waals surface area contributed by atoms with Crippen LogP contribution in [-0.4, -0.2) is 26.7 Å². The molecular formula is C22H25N5OS. The predicted octanol–water partition coefficient (Wildman–Crippen LogP) is 3.71. The quantitative estimate of drug-likeness (QED) is 0.701. The van der Waals surface area contributed by atoms with Crippen LogP contribution >= 0.6 is 11.3 Å². The lowest BCUT2D eigenvalue weighted by Crippen LogP contribution is -2.22. The van der Waals surface area contributed by atoms with Crippen molar-refractivity contribution in [2.24, 2.45) is 12.0 Å². The van der Waals surface area contributed by atoms with Crippen molar-refractivity contribution in [2.75, 3.05) is 0 Å². The summed E-state index contributed by atoms with van der Waals surface area (Å²) in [5.41, 5.74) is 2.66. The van der Waals surface area contributed by atoms with Crippen molar-refractivity contribution in [3.63, 3.8) is 0 Å². The Labute approximate surface area is 174 Å². The molecule has 3 aromatic rings. The second-order valence-corrected chi connectivity index (χ2v) is 8.31. The molecule has 1 fully saturated rings. The topological polar surface area (TPSA) is 72.2 Å². The Morgan fingerprint density at radius 2 is 1.86 bits per heavy atom. The predicted molar refractivity (Wildman–Crippen MR) is 114 cm³/mol. The van der Waals surface area contributed by atoms with E-state index < -0.39 is 0 Å². The number of hydrogen-bond donors (Lipinski definition) is 1. The number of pyridine rings is 1. The molecule has 1 aliphatic rings. The Morgan fingerprint density at radius 3 is 2.59 bits per heavy atom. The number of rotatable bonds is 5. The molecule has 0 atom stereocenters. The van der Waals surface area contributed by atoms with Gasteiger partial charge in [0.05, 0.1) is 6.04 Å². The van der Waals surface area contributed by atoms with Gasteiger partial charge in [-0.2, -0.15) is 5.10 Å². The maximum absolute atomic E-state index is 12.4.